The van der Waals surface area contributed by atoms with Crippen molar-refractivity contribution in [1.29, 1.82) is 0 Å². The highest BCUT2D eigenvalue weighted by molar-refractivity contribution is 5.89. The van der Waals surface area contributed by atoms with E-state index >= 15 is 0 Å². The van der Waals surface area contributed by atoms with Crippen LogP contribution in [0.5, 0.6) is 11.5 Å². The summed E-state index contributed by atoms with van der Waals surface area (Å²) in [6.07, 6.45) is 7.39. The Labute approximate surface area is 167 Å². The van der Waals surface area contributed by atoms with Crippen LogP contribution in [-0.4, -0.2) is 37.7 Å². The van der Waals surface area contributed by atoms with Crippen LogP contribution < -0.4 is 14.8 Å². The van der Waals surface area contributed by atoms with Gasteiger partial charge in [0.1, 0.15) is 0 Å². The fourth-order valence-corrected chi connectivity index (χ4v) is 3.30. The number of esters is 1. The number of nitrogens with one attached hydrogen (secondary N) is 1. The predicted octanol–water partition coefficient (Wildman–Crippen LogP) is 3.74. The van der Waals surface area contributed by atoms with E-state index in [0.717, 1.165) is 24.8 Å². The topological polar surface area (TPSA) is 73.9 Å². The Balaban J connectivity index is 1.84. The molecule has 2 rings (SSSR count). The second kappa shape index (κ2) is 11.4. The second-order valence-electron chi connectivity index (χ2n) is 6.95. The Morgan fingerprint density at radius 1 is 1.11 bits per heavy atom. The first-order valence-corrected chi connectivity index (χ1v) is 10.1. The molecule has 1 fully saturated rings. The van der Waals surface area contributed by atoms with Crippen molar-refractivity contribution in [3.63, 3.8) is 0 Å². The molecule has 0 saturated heterocycles. The van der Waals surface area contributed by atoms with Gasteiger partial charge in [-0.15, -0.1) is 0 Å². The van der Waals surface area contributed by atoms with Crippen molar-refractivity contribution >= 4 is 18.0 Å². The third-order valence-electron chi connectivity index (χ3n) is 4.78. The van der Waals surface area contributed by atoms with Crippen LogP contribution >= 0.6 is 0 Å². The van der Waals surface area contributed by atoms with Gasteiger partial charge in [0.25, 0.3) is 5.91 Å². The first-order chi connectivity index (χ1) is 13.5. The van der Waals surface area contributed by atoms with Crippen LogP contribution in [0.1, 0.15) is 52.0 Å². The molecule has 0 aromatic heterocycles. The number of carbonyl (C=O) groups excluding carboxylic acids is 2. The number of carbonyl (C=O) groups is 2. The van der Waals surface area contributed by atoms with Gasteiger partial charge < -0.3 is 19.5 Å². The van der Waals surface area contributed by atoms with E-state index in [9.17, 15) is 9.59 Å². The molecule has 1 aromatic carbocycles. The number of amides is 1. The summed E-state index contributed by atoms with van der Waals surface area (Å²) in [5.74, 6) is 0.949. The van der Waals surface area contributed by atoms with Gasteiger partial charge in [-0.3, -0.25) is 4.79 Å². The van der Waals surface area contributed by atoms with Gasteiger partial charge >= 0.3 is 5.97 Å². The maximum atomic E-state index is 12.0. The molecule has 0 radical (unpaired) electrons. The molecule has 28 heavy (non-hydrogen) atoms. The fourth-order valence-electron chi connectivity index (χ4n) is 3.30. The lowest BCUT2D eigenvalue weighted by Gasteiger charge is -2.29. The standard InChI is InChI=1S/C22H31NO5/c1-4-26-19-12-10-17(14-20(19)27-5-2)11-13-22(25)28-15-21(24)23-18-9-7-6-8-16(18)3/h10-14,16,18H,4-9,15H2,1-3H3,(H,23,24)/b13-11+/t16-,18+/m0/s1. The zero-order valence-corrected chi connectivity index (χ0v) is 17.0. The number of hydrogen-bond donors (Lipinski definition) is 1. The highest BCUT2D eigenvalue weighted by Crippen LogP contribution is 2.29. The molecular formula is C22H31NO5. The van der Waals surface area contributed by atoms with Crippen molar-refractivity contribution in [3.05, 3.63) is 29.8 Å². The SMILES string of the molecule is CCOc1ccc(/C=C/C(=O)OCC(=O)N[C@@H]2CCCC[C@@H]2C)cc1OCC. The Hall–Kier alpha value is -2.50. The molecule has 2 atom stereocenters. The van der Waals surface area contributed by atoms with E-state index in [-0.39, 0.29) is 18.6 Å². The molecule has 6 heteroatoms. The molecule has 1 aliphatic carbocycles. The van der Waals surface area contributed by atoms with Crippen LogP contribution in [0.25, 0.3) is 6.08 Å². The van der Waals surface area contributed by atoms with Gasteiger partial charge in [-0.25, -0.2) is 4.79 Å². The van der Waals surface area contributed by atoms with E-state index in [4.69, 9.17) is 14.2 Å². The van der Waals surface area contributed by atoms with Crippen LogP contribution in [0.15, 0.2) is 24.3 Å². The van der Waals surface area contributed by atoms with E-state index in [1.165, 1.54) is 12.5 Å². The van der Waals surface area contributed by atoms with Crippen LogP contribution in [0.4, 0.5) is 0 Å². The first kappa shape index (κ1) is 21.8. The molecule has 1 amide bonds. The van der Waals surface area contributed by atoms with E-state index < -0.39 is 5.97 Å². The van der Waals surface area contributed by atoms with E-state index in [0.29, 0.717) is 30.6 Å². The third kappa shape index (κ3) is 6.91. The fraction of sp³-hybridized carbons (Fsp3) is 0.545. The van der Waals surface area contributed by atoms with Crippen molar-refractivity contribution in [2.75, 3.05) is 19.8 Å². The van der Waals surface area contributed by atoms with Crippen molar-refractivity contribution in [1.82, 2.24) is 5.32 Å². The monoisotopic (exact) mass is 389 g/mol. The maximum absolute atomic E-state index is 12.0. The van der Waals surface area contributed by atoms with Crippen molar-refractivity contribution in [2.45, 2.75) is 52.5 Å². The highest BCUT2D eigenvalue weighted by Gasteiger charge is 2.22. The molecular weight excluding hydrogens is 358 g/mol. The maximum Gasteiger partial charge on any atom is 0.331 e. The number of rotatable bonds is 9. The molecule has 0 spiro atoms. The van der Waals surface area contributed by atoms with Crippen LogP contribution in [0.3, 0.4) is 0 Å². The first-order valence-electron chi connectivity index (χ1n) is 10.1. The summed E-state index contributed by atoms with van der Waals surface area (Å²) in [7, 11) is 0. The molecule has 0 heterocycles. The summed E-state index contributed by atoms with van der Waals surface area (Å²) in [6, 6.07) is 5.61. The third-order valence-corrected chi connectivity index (χ3v) is 4.78. The van der Waals surface area contributed by atoms with Crippen molar-refractivity contribution < 1.29 is 23.8 Å². The molecule has 0 bridgehead atoms. The molecule has 0 aliphatic heterocycles. The van der Waals surface area contributed by atoms with Gasteiger partial charge in [0.15, 0.2) is 18.1 Å². The van der Waals surface area contributed by atoms with Gasteiger partial charge in [0, 0.05) is 12.1 Å². The van der Waals surface area contributed by atoms with Crippen molar-refractivity contribution in [2.24, 2.45) is 5.92 Å². The summed E-state index contributed by atoms with van der Waals surface area (Å²) in [5.41, 5.74) is 0.782. The number of benzene rings is 1. The van der Waals surface area contributed by atoms with E-state index in [1.807, 2.05) is 19.9 Å². The van der Waals surface area contributed by atoms with Gasteiger partial charge in [-0.1, -0.05) is 25.8 Å². The minimum absolute atomic E-state index is 0.177. The zero-order valence-electron chi connectivity index (χ0n) is 17.0. The summed E-state index contributed by atoms with van der Waals surface area (Å²) in [4.78, 5) is 23.9. The summed E-state index contributed by atoms with van der Waals surface area (Å²) in [5, 5.41) is 2.97. The molecule has 154 valence electrons. The van der Waals surface area contributed by atoms with Crippen LogP contribution in [-0.2, 0) is 14.3 Å². The Bertz CT molecular complexity index is 686. The Morgan fingerprint density at radius 3 is 2.54 bits per heavy atom. The highest BCUT2D eigenvalue weighted by atomic mass is 16.5. The molecule has 6 nitrogen and oxygen atoms in total. The average Bonchev–Trinajstić information content (AvgIpc) is 2.68. The van der Waals surface area contributed by atoms with Crippen LogP contribution in [0.2, 0.25) is 0 Å². The molecule has 1 aliphatic rings. The lowest BCUT2D eigenvalue weighted by Crippen LogP contribution is -2.42. The van der Waals surface area contributed by atoms with Gasteiger partial charge in [0.2, 0.25) is 0 Å². The van der Waals surface area contributed by atoms with Crippen molar-refractivity contribution in [3.8, 4) is 11.5 Å². The Morgan fingerprint density at radius 2 is 1.82 bits per heavy atom. The zero-order chi connectivity index (χ0) is 20.4. The summed E-state index contributed by atoms with van der Waals surface area (Å²) >= 11 is 0. The lowest BCUT2D eigenvalue weighted by atomic mass is 9.86. The largest absolute Gasteiger partial charge is 0.490 e. The number of ether oxygens (including phenoxy) is 3. The molecule has 1 N–H and O–H groups in total. The molecule has 1 aromatic rings. The summed E-state index contributed by atoms with van der Waals surface area (Å²) < 4.78 is 16.1. The smallest absolute Gasteiger partial charge is 0.331 e. The predicted molar refractivity (Wildman–Crippen MR) is 108 cm³/mol. The minimum Gasteiger partial charge on any atom is -0.490 e. The molecule has 0 unspecified atom stereocenters. The van der Waals surface area contributed by atoms with Crippen LogP contribution in [0, 0.1) is 5.92 Å². The average molecular weight is 389 g/mol. The normalized spacial score (nSPS) is 19.2. The molecule has 1 saturated carbocycles. The lowest BCUT2D eigenvalue weighted by molar-refractivity contribution is -0.144. The van der Waals surface area contributed by atoms with Gasteiger partial charge in [-0.2, -0.15) is 0 Å². The quantitative estimate of drug-likeness (QED) is 0.514. The minimum atomic E-state index is -0.557. The Kier molecular flexibility index (Phi) is 8.85. The van der Waals surface area contributed by atoms with Gasteiger partial charge in [0.05, 0.1) is 13.2 Å². The van der Waals surface area contributed by atoms with E-state index in [2.05, 4.69) is 12.2 Å². The van der Waals surface area contributed by atoms with E-state index in [1.54, 1.807) is 18.2 Å². The number of hydrogen-bond acceptors (Lipinski definition) is 5. The second-order valence-corrected chi connectivity index (χ2v) is 6.95. The van der Waals surface area contributed by atoms with Gasteiger partial charge in [-0.05, 0) is 56.4 Å². The summed E-state index contributed by atoms with van der Waals surface area (Å²) in [6.45, 7) is 6.75.